The minimum atomic E-state index is -0.923. The molecule has 0 saturated heterocycles. The number of carbonyl (C=O) groups excluding carboxylic acids is 1. The number of benzene rings is 1. The first-order valence-corrected chi connectivity index (χ1v) is 9.99. The molecule has 3 aromatic rings. The molecule has 11 heteroatoms. The quantitative estimate of drug-likeness (QED) is 0.572. The maximum Gasteiger partial charge on any atom is 0.420 e. The highest BCUT2D eigenvalue weighted by atomic mass is 35.5. The zero-order valence-electron chi connectivity index (χ0n) is 16.4. The van der Waals surface area contributed by atoms with Crippen LogP contribution in [0.15, 0.2) is 40.9 Å². The summed E-state index contributed by atoms with van der Waals surface area (Å²) in [7, 11) is 0. The number of halogens is 2. The molecule has 9 nitrogen and oxygen atoms in total. The zero-order chi connectivity index (χ0) is 22.5. The first-order chi connectivity index (χ1) is 15.3. The Kier molecular flexibility index (Phi) is 4.53. The summed E-state index contributed by atoms with van der Waals surface area (Å²) in [6.07, 6.45) is 2.09. The van der Waals surface area contributed by atoms with Crippen molar-refractivity contribution in [2.24, 2.45) is 11.1 Å². The summed E-state index contributed by atoms with van der Waals surface area (Å²) in [5.41, 5.74) is 4.99. The van der Waals surface area contributed by atoms with Crippen molar-refractivity contribution in [1.29, 1.82) is 5.26 Å². The lowest BCUT2D eigenvalue weighted by atomic mass is 9.33. The molecule has 32 heavy (non-hydrogen) atoms. The maximum atomic E-state index is 13.7. The van der Waals surface area contributed by atoms with Crippen molar-refractivity contribution in [2.45, 2.75) is 30.8 Å². The Hall–Kier alpha value is -3.71. The van der Waals surface area contributed by atoms with Crippen LogP contribution < -0.4 is 15.2 Å². The summed E-state index contributed by atoms with van der Waals surface area (Å²) in [5, 5.41) is 16.7. The van der Waals surface area contributed by atoms with E-state index in [4.69, 9.17) is 36.5 Å². The molecule has 0 aliphatic heterocycles. The van der Waals surface area contributed by atoms with E-state index in [1.807, 2.05) is 6.07 Å². The summed E-state index contributed by atoms with van der Waals surface area (Å²) in [6.45, 7) is 0. The first kappa shape index (κ1) is 20.2. The van der Waals surface area contributed by atoms with Gasteiger partial charge in [-0.2, -0.15) is 5.26 Å². The third-order valence-electron chi connectivity index (χ3n) is 5.95. The van der Waals surface area contributed by atoms with E-state index in [9.17, 15) is 9.18 Å². The molecule has 3 aliphatic carbocycles. The lowest BCUT2D eigenvalue weighted by Gasteiger charge is -2.69. The van der Waals surface area contributed by atoms with Gasteiger partial charge in [-0.15, -0.1) is 5.10 Å². The Bertz CT molecular complexity index is 1240. The number of nitriles is 1. The number of nitrogens with two attached hydrogens (primary N) is 1. The van der Waals surface area contributed by atoms with Crippen LogP contribution in [0.1, 0.15) is 30.8 Å². The molecule has 2 heterocycles. The van der Waals surface area contributed by atoms with Crippen LogP contribution in [-0.2, 0) is 10.2 Å². The third-order valence-corrected chi connectivity index (χ3v) is 6.25. The fraction of sp³-hybridized carbons (Fsp3) is 0.286. The van der Waals surface area contributed by atoms with E-state index in [0.717, 1.165) is 6.07 Å². The SMILES string of the molecule is N#Cc1ccc(Oc2nnc(C34CC(C(Oc5ccc(Cl)c(F)c5)C(N)=O)(C3)C4)o2)cn1. The summed E-state index contributed by atoms with van der Waals surface area (Å²) in [5.74, 6) is -0.338. The molecule has 2 aromatic heterocycles. The fourth-order valence-corrected chi connectivity index (χ4v) is 4.73. The van der Waals surface area contributed by atoms with Crippen molar-refractivity contribution in [1.82, 2.24) is 15.2 Å². The summed E-state index contributed by atoms with van der Waals surface area (Å²) >= 11 is 5.70. The molecule has 1 amide bonds. The number of aromatic nitrogens is 3. The normalized spacial score (nSPS) is 23.9. The molecule has 0 spiro atoms. The number of ether oxygens (including phenoxy) is 2. The standard InChI is InChI=1S/C21H15ClFN5O4/c22-14-4-3-12(5-15(14)23)30-16(17(25)29)20-8-21(9-20,10-20)18-27-28-19(32-18)31-13-2-1-11(6-24)26-7-13/h1-5,7,16H,8-10H2,(H2,25,29). The summed E-state index contributed by atoms with van der Waals surface area (Å²) in [6, 6.07) is 8.97. The molecule has 162 valence electrons. The fourth-order valence-electron chi connectivity index (χ4n) is 4.62. The topological polar surface area (TPSA) is 137 Å². The molecule has 2 N–H and O–H groups in total. The highest BCUT2D eigenvalue weighted by molar-refractivity contribution is 6.30. The molecule has 3 fully saturated rings. The van der Waals surface area contributed by atoms with Gasteiger partial charge in [0.1, 0.15) is 23.3 Å². The van der Waals surface area contributed by atoms with Crippen molar-refractivity contribution in [2.75, 3.05) is 0 Å². The number of pyridine rings is 1. The highest BCUT2D eigenvalue weighted by Gasteiger charge is 2.75. The van der Waals surface area contributed by atoms with Crippen molar-refractivity contribution in [3.8, 4) is 23.6 Å². The summed E-state index contributed by atoms with van der Waals surface area (Å²) in [4.78, 5) is 16.0. The van der Waals surface area contributed by atoms with Crippen molar-refractivity contribution in [3.63, 3.8) is 0 Å². The van der Waals surface area contributed by atoms with Gasteiger partial charge in [-0.25, -0.2) is 9.37 Å². The second-order valence-electron chi connectivity index (χ2n) is 8.12. The Balaban J connectivity index is 1.26. The average molecular weight is 456 g/mol. The second-order valence-corrected chi connectivity index (χ2v) is 8.52. The van der Waals surface area contributed by atoms with Crippen LogP contribution in [0.3, 0.4) is 0 Å². The van der Waals surface area contributed by atoms with E-state index in [0.29, 0.717) is 30.9 Å². The monoisotopic (exact) mass is 455 g/mol. The Labute approximate surface area is 185 Å². The second kappa shape index (κ2) is 7.17. The first-order valence-electron chi connectivity index (χ1n) is 9.62. The van der Waals surface area contributed by atoms with Crippen LogP contribution in [0.2, 0.25) is 5.02 Å². The predicted octanol–water partition coefficient (Wildman–Crippen LogP) is 3.28. The number of hydrogen-bond acceptors (Lipinski definition) is 8. The van der Waals surface area contributed by atoms with Crippen LogP contribution in [0.25, 0.3) is 0 Å². The van der Waals surface area contributed by atoms with Crippen molar-refractivity contribution in [3.05, 3.63) is 59.0 Å². The number of nitrogens with zero attached hydrogens (tertiary/aromatic N) is 4. The Morgan fingerprint density at radius 2 is 2.00 bits per heavy atom. The van der Waals surface area contributed by atoms with Gasteiger partial charge in [-0.1, -0.05) is 16.7 Å². The summed E-state index contributed by atoms with van der Waals surface area (Å²) < 4.78 is 30.6. The Morgan fingerprint density at radius 3 is 2.62 bits per heavy atom. The molecule has 2 bridgehead atoms. The number of primary amides is 1. The van der Waals surface area contributed by atoms with Gasteiger partial charge >= 0.3 is 6.08 Å². The minimum Gasteiger partial charge on any atom is -0.480 e. The smallest absolute Gasteiger partial charge is 0.420 e. The number of hydrogen-bond donors (Lipinski definition) is 1. The minimum absolute atomic E-state index is 0.0383. The molecular weight excluding hydrogens is 441 g/mol. The van der Waals surface area contributed by atoms with Crippen LogP contribution in [-0.4, -0.2) is 27.2 Å². The van der Waals surface area contributed by atoms with E-state index in [1.165, 1.54) is 24.4 Å². The molecule has 0 radical (unpaired) electrons. The predicted molar refractivity (Wildman–Crippen MR) is 106 cm³/mol. The van der Waals surface area contributed by atoms with E-state index in [2.05, 4.69) is 15.2 Å². The van der Waals surface area contributed by atoms with Crippen LogP contribution in [0, 0.1) is 22.6 Å². The highest BCUT2D eigenvalue weighted by Crippen LogP contribution is 2.75. The lowest BCUT2D eigenvalue weighted by molar-refractivity contribution is -0.208. The van der Waals surface area contributed by atoms with Crippen LogP contribution >= 0.6 is 11.6 Å². The average Bonchev–Trinajstić information content (AvgIpc) is 3.16. The van der Waals surface area contributed by atoms with Crippen molar-refractivity contribution < 1.29 is 23.1 Å². The van der Waals surface area contributed by atoms with Gasteiger partial charge < -0.3 is 19.6 Å². The molecule has 6 rings (SSSR count). The van der Waals surface area contributed by atoms with Crippen LogP contribution in [0.5, 0.6) is 17.6 Å². The number of amides is 1. The largest absolute Gasteiger partial charge is 0.480 e. The molecular formula is C21H15ClFN5O4. The van der Waals surface area contributed by atoms with E-state index >= 15 is 0 Å². The lowest BCUT2D eigenvalue weighted by Crippen LogP contribution is -2.72. The van der Waals surface area contributed by atoms with Gasteiger partial charge in [0.2, 0.25) is 5.89 Å². The molecule has 1 unspecified atom stereocenters. The third kappa shape index (κ3) is 3.22. The van der Waals surface area contributed by atoms with Gasteiger partial charge in [-0.05, 0) is 43.5 Å². The zero-order valence-corrected chi connectivity index (χ0v) is 17.2. The van der Waals surface area contributed by atoms with Gasteiger partial charge in [0, 0.05) is 11.5 Å². The van der Waals surface area contributed by atoms with Gasteiger partial charge in [0.15, 0.2) is 11.9 Å². The molecule has 1 aromatic carbocycles. The number of carbonyl (C=O) groups is 1. The Morgan fingerprint density at radius 1 is 1.25 bits per heavy atom. The van der Waals surface area contributed by atoms with Crippen LogP contribution in [0.4, 0.5) is 4.39 Å². The molecule has 3 saturated carbocycles. The molecule has 1 atom stereocenters. The van der Waals surface area contributed by atoms with E-state index in [1.54, 1.807) is 6.07 Å². The maximum absolute atomic E-state index is 13.7. The van der Waals surface area contributed by atoms with Crippen molar-refractivity contribution >= 4 is 17.5 Å². The van der Waals surface area contributed by atoms with Gasteiger partial charge in [0.05, 0.1) is 16.6 Å². The number of rotatable bonds is 7. The van der Waals surface area contributed by atoms with E-state index < -0.39 is 23.2 Å². The molecule has 3 aliphatic rings. The van der Waals surface area contributed by atoms with E-state index in [-0.39, 0.29) is 28.0 Å². The van der Waals surface area contributed by atoms with Gasteiger partial charge in [-0.3, -0.25) is 4.79 Å². The van der Waals surface area contributed by atoms with Gasteiger partial charge in [0.25, 0.3) is 5.91 Å².